The summed E-state index contributed by atoms with van der Waals surface area (Å²) < 4.78 is 34.2. The number of rotatable bonds is 9. The summed E-state index contributed by atoms with van der Waals surface area (Å²) in [6, 6.07) is 11.9. The van der Waals surface area contributed by atoms with E-state index in [4.69, 9.17) is 4.74 Å². The van der Waals surface area contributed by atoms with Crippen molar-refractivity contribution in [1.29, 1.82) is 0 Å². The van der Waals surface area contributed by atoms with Crippen LogP contribution in [0.1, 0.15) is 10.4 Å². The number of anilines is 2. The molecule has 1 aliphatic heterocycles. The van der Waals surface area contributed by atoms with Crippen molar-refractivity contribution < 1.29 is 23.1 Å². The number of hydrogen-bond acceptors (Lipinski definition) is 8. The number of nitrogens with one attached hydrogen (secondary N) is 1. The van der Waals surface area contributed by atoms with E-state index in [1.807, 2.05) is 4.90 Å². The number of carbonyl (C=O) groups is 1. The van der Waals surface area contributed by atoms with Gasteiger partial charge in [0.15, 0.2) is 0 Å². The first-order valence-corrected chi connectivity index (χ1v) is 11.6. The van der Waals surface area contributed by atoms with Gasteiger partial charge in [-0.15, -0.1) is 0 Å². The Bertz CT molecular complexity index is 1300. The van der Waals surface area contributed by atoms with Crippen molar-refractivity contribution in [3.8, 4) is 0 Å². The van der Waals surface area contributed by atoms with E-state index in [0.717, 1.165) is 4.31 Å². The van der Waals surface area contributed by atoms with Crippen LogP contribution in [0.25, 0.3) is 0 Å². The lowest BCUT2D eigenvalue weighted by atomic mass is 10.1. The van der Waals surface area contributed by atoms with Gasteiger partial charge in [-0.05, 0) is 24.3 Å². The first-order valence-electron chi connectivity index (χ1n) is 10.2. The van der Waals surface area contributed by atoms with Gasteiger partial charge < -0.3 is 9.84 Å². The van der Waals surface area contributed by atoms with Crippen molar-refractivity contribution in [2.24, 2.45) is 0 Å². The smallest absolute Gasteiger partial charge is 0.340 e. The van der Waals surface area contributed by atoms with Gasteiger partial charge in [-0.3, -0.25) is 24.2 Å². The van der Waals surface area contributed by atoms with E-state index in [2.05, 4.69) is 5.43 Å². The summed E-state index contributed by atoms with van der Waals surface area (Å²) in [4.78, 5) is 37.0. The highest BCUT2D eigenvalue weighted by Crippen LogP contribution is 2.32. The highest BCUT2D eigenvalue weighted by Gasteiger charge is 2.31. The number of ether oxygens (including phenoxy) is 1. The van der Waals surface area contributed by atoms with Crippen LogP contribution in [0, 0.1) is 0 Å². The number of hydrogen-bond donors (Lipinski definition) is 2. The first kappa shape index (κ1) is 22.7. The molecular weight excluding hydrogens is 452 g/mol. The number of aromatic carboxylic acids is 1. The molecule has 33 heavy (non-hydrogen) atoms. The minimum absolute atomic E-state index is 0.0114. The third kappa shape index (κ3) is 4.67. The molecular formula is C21H22N4O7S. The van der Waals surface area contributed by atoms with Crippen molar-refractivity contribution in [3.05, 3.63) is 74.8 Å². The van der Waals surface area contributed by atoms with Gasteiger partial charge in [0.05, 0.1) is 29.5 Å². The van der Waals surface area contributed by atoms with Crippen LogP contribution < -0.4 is 20.8 Å². The summed E-state index contributed by atoms with van der Waals surface area (Å²) >= 11 is 0. The van der Waals surface area contributed by atoms with Crippen LogP contribution in [0.5, 0.6) is 0 Å². The van der Waals surface area contributed by atoms with Gasteiger partial charge in [0, 0.05) is 26.2 Å². The van der Waals surface area contributed by atoms with Crippen molar-refractivity contribution in [1.82, 2.24) is 9.58 Å². The molecule has 3 aromatic rings. The molecule has 2 aromatic carbocycles. The van der Waals surface area contributed by atoms with Gasteiger partial charge in [-0.25, -0.2) is 13.2 Å². The molecule has 0 spiro atoms. The van der Waals surface area contributed by atoms with Gasteiger partial charge in [0.2, 0.25) is 0 Å². The van der Waals surface area contributed by atoms with Gasteiger partial charge in [-0.1, -0.05) is 24.3 Å². The molecule has 12 heteroatoms. The number of aromatic nitrogens is 1. The maximum absolute atomic E-state index is 13.6. The molecule has 0 unspecified atom stereocenters. The normalized spacial score (nSPS) is 14.9. The quantitative estimate of drug-likeness (QED) is 0.416. The number of carboxylic acids is 1. The third-order valence-corrected chi connectivity index (χ3v) is 7.18. The second-order valence-corrected chi connectivity index (χ2v) is 9.27. The summed E-state index contributed by atoms with van der Waals surface area (Å²) in [5.74, 6) is -1.41. The minimum atomic E-state index is -4.13. The van der Waals surface area contributed by atoms with E-state index in [1.54, 1.807) is 18.2 Å². The maximum atomic E-state index is 13.6. The number of sulfonamides is 1. The lowest BCUT2D eigenvalue weighted by Crippen LogP contribution is -2.43. The van der Waals surface area contributed by atoms with Gasteiger partial charge in [0.1, 0.15) is 5.56 Å². The Hall–Kier alpha value is -3.48. The predicted octanol–water partition coefficient (Wildman–Crippen LogP) is 0.185. The molecule has 174 valence electrons. The lowest BCUT2D eigenvalue weighted by molar-refractivity contribution is 0.0395. The zero-order chi connectivity index (χ0) is 23.6. The molecule has 11 nitrogen and oxygen atoms in total. The van der Waals surface area contributed by atoms with Gasteiger partial charge in [0.25, 0.3) is 10.0 Å². The third-order valence-electron chi connectivity index (χ3n) is 5.35. The molecule has 0 radical (unpaired) electrons. The second-order valence-electron chi connectivity index (χ2n) is 7.41. The molecule has 2 N–H and O–H groups in total. The van der Waals surface area contributed by atoms with E-state index in [0.29, 0.717) is 37.5 Å². The summed E-state index contributed by atoms with van der Waals surface area (Å²) in [5, 5.41) is 9.94. The monoisotopic (exact) mass is 474 g/mol. The topological polar surface area (TPSA) is 138 Å². The van der Waals surface area contributed by atoms with Crippen molar-refractivity contribution in [2.75, 3.05) is 49.1 Å². The number of morpholine rings is 1. The fourth-order valence-electron chi connectivity index (χ4n) is 3.57. The Morgan fingerprint density at radius 2 is 1.70 bits per heavy atom. The lowest BCUT2D eigenvalue weighted by Gasteiger charge is -2.31. The van der Waals surface area contributed by atoms with Crippen LogP contribution in [0.2, 0.25) is 0 Å². The summed E-state index contributed by atoms with van der Waals surface area (Å²) in [6.45, 7) is 2.67. The molecule has 4 rings (SSSR count). The maximum Gasteiger partial charge on any atom is 0.340 e. The molecule has 1 saturated heterocycles. The summed E-state index contributed by atoms with van der Waals surface area (Å²) in [6.07, 6.45) is 0. The van der Waals surface area contributed by atoms with E-state index < -0.39 is 27.1 Å². The molecule has 0 amide bonds. The molecule has 0 bridgehead atoms. The Labute approximate surface area is 189 Å². The Morgan fingerprint density at radius 1 is 1.03 bits per heavy atom. The molecule has 0 aliphatic carbocycles. The van der Waals surface area contributed by atoms with Gasteiger partial charge in [-0.2, -0.15) is 4.68 Å². The van der Waals surface area contributed by atoms with E-state index in [-0.39, 0.29) is 28.4 Å². The highest BCUT2D eigenvalue weighted by molar-refractivity contribution is 7.92. The fraction of sp³-hybridized carbons (Fsp3) is 0.286. The zero-order valence-corrected chi connectivity index (χ0v) is 18.3. The van der Waals surface area contributed by atoms with E-state index in [9.17, 15) is 27.9 Å². The SMILES string of the molecule is O=C(O)c1c(Nn2c(=O)c2=O)cccc1N(CCN1CCOCC1)S(=O)(=O)c1ccccc1. The van der Waals surface area contributed by atoms with Crippen LogP contribution in [-0.4, -0.2) is 68.5 Å². The largest absolute Gasteiger partial charge is 0.478 e. The summed E-state index contributed by atoms with van der Waals surface area (Å²) in [7, 11) is -4.13. The average Bonchev–Trinajstić information content (AvgIpc) is 3.38. The number of nitrogens with zero attached hydrogens (tertiary/aromatic N) is 3. The van der Waals surface area contributed by atoms with Crippen LogP contribution >= 0.6 is 0 Å². The standard InChI is InChI=1S/C21H22N4O7S/c26-19-20(27)25(19)22-16-7-4-8-17(18(16)21(28)29)24(10-9-23-11-13-32-14-12-23)33(30,31)15-5-2-1-3-6-15/h1-8,22H,9-14H2,(H,28,29). The van der Waals surface area contributed by atoms with Crippen LogP contribution in [-0.2, 0) is 14.8 Å². The van der Waals surface area contributed by atoms with Gasteiger partial charge >= 0.3 is 17.1 Å². The van der Waals surface area contributed by atoms with Crippen LogP contribution in [0.4, 0.5) is 11.4 Å². The first-order chi connectivity index (χ1) is 15.8. The van der Waals surface area contributed by atoms with Crippen LogP contribution in [0.3, 0.4) is 0 Å². The average molecular weight is 474 g/mol. The molecule has 1 aliphatic rings. The molecule has 1 fully saturated rings. The number of benzene rings is 2. The molecule has 0 atom stereocenters. The Morgan fingerprint density at radius 3 is 2.30 bits per heavy atom. The Balaban J connectivity index is 1.77. The van der Waals surface area contributed by atoms with E-state index >= 15 is 0 Å². The van der Waals surface area contributed by atoms with Crippen LogP contribution in [0.15, 0.2) is 63.0 Å². The Kier molecular flexibility index (Phi) is 6.31. The molecule has 0 saturated carbocycles. The molecule has 2 heterocycles. The highest BCUT2D eigenvalue weighted by atomic mass is 32.2. The van der Waals surface area contributed by atoms with Crippen molar-refractivity contribution in [3.63, 3.8) is 0 Å². The van der Waals surface area contributed by atoms with E-state index in [1.165, 1.54) is 30.3 Å². The molecule has 1 aromatic heterocycles. The second kappa shape index (κ2) is 9.17. The predicted molar refractivity (Wildman–Crippen MR) is 120 cm³/mol. The minimum Gasteiger partial charge on any atom is -0.478 e. The zero-order valence-electron chi connectivity index (χ0n) is 17.5. The number of carboxylic acid groups (broad SMARTS) is 1. The fourth-order valence-corrected chi connectivity index (χ4v) is 5.06. The van der Waals surface area contributed by atoms with Crippen molar-refractivity contribution >= 4 is 27.4 Å². The van der Waals surface area contributed by atoms with Crippen molar-refractivity contribution in [2.45, 2.75) is 4.90 Å². The summed E-state index contributed by atoms with van der Waals surface area (Å²) in [5.41, 5.74) is 0.330.